The monoisotopic (exact) mass is 289 g/mol. The third kappa shape index (κ3) is 3.97. The number of rotatable bonds is 4. The van der Waals surface area contributed by atoms with Crippen molar-refractivity contribution in [2.45, 2.75) is 46.1 Å². The van der Waals surface area contributed by atoms with Gasteiger partial charge in [-0.05, 0) is 56.8 Å². The first-order valence-electron chi connectivity index (χ1n) is 7.88. The molecule has 1 heterocycles. The molecule has 1 saturated heterocycles. The van der Waals surface area contributed by atoms with Crippen LogP contribution >= 0.6 is 0 Å². The van der Waals surface area contributed by atoms with Gasteiger partial charge in [-0.25, -0.2) is 0 Å². The SMILES string of the molecule is Cc1c(N)cccc1NC(=O)CCN1CCCC(C)C1C. The van der Waals surface area contributed by atoms with Gasteiger partial charge in [-0.15, -0.1) is 0 Å². The lowest BCUT2D eigenvalue weighted by Crippen LogP contribution is -2.43. The van der Waals surface area contributed by atoms with E-state index in [1.807, 2.05) is 25.1 Å². The van der Waals surface area contributed by atoms with Crippen LogP contribution in [0.2, 0.25) is 0 Å². The summed E-state index contributed by atoms with van der Waals surface area (Å²) < 4.78 is 0. The first kappa shape index (κ1) is 15.8. The van der Waals surface area contributed by atoms with Crippen LogP contribution < -0.4 is 11.1 Å². The van der Waals surface area contributed by atoms with E-state index >= 15 is 0 Å². The summed E-state index contributed by atoms with van der Waals surface area (Å²) in [4.78, 5) is 14.6. The molecule has 1 aliphatic rings. The number of nitrogens with two attached hydrogens (primary N) is 1. The maximum atomic E-state index is 12.1. The Bertz CT molecular complexity index is 501. The topological polar surface area (TPSA) is 58.4 Å². The summed E-state index contributed by atoms with van der Waals surface area (Å²) in [5, 5.41) is 2.97. The van der Waals surface area contributed by atoms with Gasteiger partial charge in [0, 0.05) is 30.4 Å². The zero-order valence-electron chi connectivity index (χ0n) is 13.4. The van der Waals surface area contributed by atoms with Crippen molar-refractivity contribution < 1.29 is 4.79 Å². The molecule has 0 spiro atoms. The molecule has 4 heteroatoms. The molecule has 0 aliphatic carbocycles. The Hall–Kier alpha value is -1.55. The number of likely N-dealkylation sites (tertiary alicyclic amines) is 1. The largest absolute Gasteiger partial charge is 0.398 e. The van der Waals surface area contributed by atoms with E-state index in [9.17, 15) is 4.79 Å². The summed E-state index contributed by atoms with van der Waals surface area (Å²) in [5.41, 5.74) is 8.33. The summed E-state index contributed by atoms with van der Waals surface area (Å²) in [6.07, 6.45) is 3.07. The number of piperidine rings is 1. The zero-order chi connectivity index (χ0) is 15.4. The highest BCUT2D eigenvalue weighted by atomic mass is 16.1. The van der Waals surface area contributed by atoms with Crippen molar-refractivity contribution in [3.05, 3.63) is 23.8 Å². The normalized spacial score (nSPS) is 23.0. The standard InChI is InChI=1S/C17H27N3O/c1-12-6-5-10-20(14(12)3)11-9-17(21)19-16-8-4-7-15(18)13(16)2/h4,7-8,12,14H,5-6,9-11,18H2,1-3H3,(H,19,21). The van der Waals surface area contributed by atoms with Crippen molar-refractivity contribution in [3.63, 3.8) is 0 Å². The van der Waals surface area contributed by atoms with Crippen molar-refractivity contribution >= 4 is 17.3 Å². The summed E-state index contributed by atoms with van der Waals surface area (Å²) in [6.45, 7) is 8.44. The van der Waals surface area contributed by atoms with E-state index in [1.54, 1.807) is 0 Å². The fourth-order valence-electron chi connectivity index (χ4n) is 2.98. The Morgan fingerprint density at radius 2 is 2.19 bits per heavy atom. The molecule has 3 N–H and O–H groups in total. The van der Waals surface area contributed by atoms with Gasteiger partial charge < -0.3 is 11.1 Å². The molecule has 0 bridgehead atoms. The molecule has 0 radical (unpaired) electrons. The third-order valence-electron chi connectivity index (χ3n) is 4.78. The van der Waals surface area contributed by atoms with Crippen LogP contribution in [0.15, 0.2) is 18.2 Å². The minimum atomic E-state index is 0.0640. The van der Waals surface area contributed by atoms with E-state index in [1.165, 1.54) is 12.8 Å². The number of nitrogens with one attached hydrogen (secondary N) is 1. The number of nitrogens with zero attached hydrogens (tertiary/aromatic N) is 1. The van der Waals surface area contributed by atoms with Crippen molar-refractivity contribution in [2.75, 3.05) is 24.1 Å². The van der Waals surface area contributed by atoms with E-state index in [-0.39, 0.29) is 5.91 Å². The molecule has 0 aromatic heterocycles. The van der Waals surface area contributed by atoms with Crippen molar-refractivity contribution in [3.8, 4) is 0 Å². The summed E-state index contributed by atoms with van der Waals surface area (Å²) >= 11 is 0. The molecule has 1 amide bonds. The van der Waals surface area contributed by atoms with Crippen molar-refractivity contribution in [1.29, 1.82) is 0 Å². The number of anilines is 2. The number of carbonyl (C=O) groups is 1. The lowest BCUT2D eigenvalue weighted by atomic mass is 9.92. The highest BCUT2D eigenvalue weighted by molar-refractivity contribution is 5.92. The molecule has 0 saturated carbocycles. The Morgan fingerprint density at radius 1 is 1.43 bits per heavy atom. The Morgan fingerprint density at radius 3 is 2.95 bits per heavy atom. The third-order valence-corrected chi connectivity index (χ3v) is 4.78. The van der Waals surface area contributed by atoms with Crippen LogP contribution in [0, 0.1) is 12.8 Å². The molecule has 1 aliphatic heterocycles. The second kappa shape index (κ2) is 6.94. The predicted octanol–water partition coefficient (Wildman–Crippen LogP) is 3.03. The molecule has 2 unspecified atom stereocenters. The highest BCUT2D eigenvalue weighted by Gasteiger charge is 2.24. The lowest BCUT2D eigenvalue weighted by molar-refractivity contribution is -0.116. The van der Waals surface area contributed by atoms with Gasteiger partial charge in [0.25, 0.3) is 0 Å². The molecular formula is C17H27N3O. The molecular weight excluding hydrogens is 262 g/mol. The Labute approximate surface area is 127 Å². The molecule has 116 valence electrons. The van der Waals surface area contributed by atoms with Crippen LogP contribution in [-0.2, 0) is 4.79 Å². The van der Waals surface area contributed by atoms with E-state index in [2.05, 4.69) is 24.1 Å². The van der Waals surface area contributed by atoms with Gasteiger partial charge in [-0.2, -0.15) is 0 Å². The first-order chi connectivity index (χ1) is 9.99. The van der Waals surface area contributed by atoms with Gasteiger partial charge in [-0.3, -0.25) is 9.69 Å². The van der Waals surface area contributed by atoms with E-state index in [0.717, 1.165) is 30.3 Å². The first-order valence-corrected chi connectivity index (χ1v) is 7.88. The maximum absolute atomic E-state index is 12.1. The van der Waals surface area contributed by atoms with E-state index in [4.69, 9.17) is 5.73 Å². The predicted molar refractivity (Wildman–Crippen MR) is 88.3 cm³/mol. The van der Waals surface area contributed by atoms with Gasteiger partial charge in [-0.1, -0.05) is 13.0 Å². The molecule has 2 rings (SSSR count). The summed E-state index contributed by atoms with van der Waals surface area (Å²) in [5.74, 6) is 0.784. The van der Waals surface area contributed by atoms with Crippen LogP contribution in [-0.4, -0.2) is 29.9 Å². The minimum Gasteiger partial charge on any atom is -0.398 e. The van der Waals surface area contributed by atoms with Gasteiger partial charge in [0.15, 0.2) is 0 Å². The van der Waals surface area contributed by atoms with E-state index < -0.39 is 0 Å². The molecule has 21 heavy (non-hydrogen) atoms. The number of hydrogen-bond donors (Lipinski definition) is 2. The van der Waals surface area contributed by atoms with Gasteiger partial charge in [0.1, 0.15) is 0 Å². The average Bonchev–Trinajstić information content (AvgIpc) is 2.45. The van der Waals surface area contributed by atoms with E-state index in [0.29, 0.717) is 18.2 Å². The molecule has 1 aromatic carbocycles. The van der Waals surface area contributed by atoms with Gasteiger partial charge in [0.05, 0.1) is 0 Å². The zero-order valence-corrected chi connectivity index (χ0v) is 13.4. The number of nitrogen functional groups attached to an aromatic ring is 1. The molecule has 1 aromatic rings. The fraction of sp³-hybridized carbons (Fsp3) is 0.588. The maximum Gasteiger partial charge on any atom is 0.225 e. The van der Waals surface area contributed by atoms with Crippen molar-refractivity contribution in [2.24, 2.45) is 5.92 Å². The lowest BCUT2D eigenvalue weighted by Gasteiger charge is -2.37. The molecule has 1 fully saturated rings. The number of hydrogen-bond acceptors (Lipinski definition) is 3. The van der Waals surface area contributed by atoms with Crippen LogP contribution in [0.1, 0.15) is 38.7 Å². The average molecular weight is 289 g/mol. The minimum absolute atomic E-state index is 0.0640. The van der Waals surface area contributed by atoms with Crippen LogP contribution in [0.25, 0.3) is 0 Å². The molecule has 4 nitrogen and oxygen atoms in total. The summed E-state index contributed by atoms with van der Waals surface area (Å²) in [7, 11) is 0. The number of carbonyl (C=O) groups excluding carboxylic acids is 1. The molecule has 2 atom stereocenters. The second-order valence-electron chi connectivity index (χ2n) is 6.21. The van der Waals surface area contributed by atoms with Gasteiger partial charge >= 0.3 is 0 Å². The van der Waals surface area contributed by atoms with Crippen LogP contribution in [0.5, 0.6) is 0 Å². The van der Waals surface area contributed by atoms with Crippen LogP contribution in [0.3, 0.4) is 0 Å². The number of benzene rings is 1. The summed E-state index contributed by atoms with van der Waals surface area (Å²) in [6, 6.07) is 6.18. The quantitative estimate of drug-likeness (QED) is 0.838. The van der Waals surface area contributed by atoms with Crippen LogP contribution in [0.4, 0.5) is 11.4 Å². The highest BCUT2D eigenvalue weighted by Crippen LogP contribution is 2.23. The van der Waals surface area contributed by atoms with Crippen molar-refractivity contribution in [1.82, 2.24) is 4.90 Å². The van der Waals surface area contributed by atoms with Gasteiger partial charge in [0.2, 0.25) is 5.91 Å². The second-order valence-corrected chi connectivity index (χ2v) is 6.21. The Balaban J connectivity index is 1.86. The smallest absolute Gasteiger partial charge is 0.225 e. The fourth-order valence-corrected chi connectivity index (χ4v) is 2.98. The number of amides is 1. The Kier molecular flexibility index (Phi) is 5.23.